The van der Waals surface area contributed by atoms with Gasteiger partial charge in [-0.3, -0.25) is 0 Å². The Morgan fingerprint density at radius 1 is 1.32 bits per heavy atom. The highest BCUT2D eigenvalue weighted by Gasteiger charge is 2.46. The van der Waals surface area contributed by atoms with Crippen molar-refractivity contribution in [3.05, 3.63) is 35.4 Å². The molecule has 1 aromatic carbocycles. The molecule has 1 aromatic rings. The van der Waals surface area contributed by atoms with Crippen LogP contribution < -0.4 is 5.32 Å². The van der Waals surface area contributed by atoms with Crippen molar-refractivity contribution >= 4 is 11.6 Å². The van der Waals surface area contributed by atoms with Crippen LogP contribution in [0, 0.1) is 5.41 Å². The molecule has 1 saturated carbocycles. The fourth-order valence-electron chi connectivity index (χ4n) is 3.57. The second-order valence-corrected chi connectivity index (χ2v) is 7.30. The van der Waals surface area contributed by atoms with Crippen LogP contribution in [-0.2, 0) is 6.42 Å². The Labute approximate surface area is 121 Å². The quantitative estimate of drug-likeness (QED) is 0.820. The highest BCUT2D eigenvalue weighted by molar-refractivity contribution is 6.21. The standard InChI is InChI=1S/C17H24ClN/c1-17(2)15(18)10-16(17)19-11-13-8-5-7-12-6-3-4-9-14(12)13/h3-4,6,9,13,15-16,19H,5,7-8,10-11H2,1-2H3. The van der Waals surface area contributed by atoms with Crippen molar-refractivity contribution in [3.63, 3.8) is 0 Å². The minimum Gasteiger partial charge on any atom is -0.313 e. The van der Waals surface area contributed by atoms with Crippen LogP contribution in [0.4, 0.5) is 0 Å². The number of benzene rings is 1. The van der Waals surface area contributed by atoms with E-state index < -0.39 is 0 Å². The number of hydrogen-bond donors (Lipinski definition) is 1. The van der Waals surface area contributed by atoms with Crippen molar-refractivity contribution in [1.29, 1.82) is 0 Å². The smallest absolute Gasteiger partial charge is 0.0416 e. The summed E-state index contributed by atoms with van der Waals surface area (Å²) in [5.41, 5.74) is 3.37. The van der Waals surface area contributed by atoms with E-state index in [9.17, 15) is 0 Å². The normalized spacial score (nSPS) is 32.5. The Kier molecular flexibility index (Phi) is 3.61. The van der Waals surface area contributed by atoms with E-state index in [1.807, 2.05) is 0 Å². The van der Waals surface area contributed by atoms with E-state index in [1.165, 1.54) is 19.3 Å². The molecule has 3 unspecified atom stereocenters. The first kappa shape index (κ1) is 13.5. The van der Waals surface area contributed by atoms with Gasteiger partial charge in [0.05, 0.1) is 0 Å². The van der Waals surface area contributed by atoms with Crippen LogP contribution in [0.5, 0.6) is 0 Å². The van der Waals surface area contributed by atoms with Gasteiger partial charge in [0.15, 0.2) is 0 Å². The van der Waals surface area contributed by atoms with Crippen LogP contribution in [0.1, 0.15) is 50.2 Å². The molecule has 0 bridgehead atoms. The third-order valence-corrected chi connectivity index (χ3v) is 5.99. The lowest BCUT2D eigenvalue weighted by Crippen LogP contribution is -2.58. The number of halogens is 1. The molecule has 0 heterocycles. The molecule has 0 aliphatic heterocycles. The molecule has 0 aromatic heterocycles. The zero-order valence-corrected chi connectivity index (χ0v) is 12.7. The zero-order chi connectivity index (χ0) is 13.5. The Bertz CT molecular complexity index is 454. The van der Waals surface area contributed by atoms with E-state index >= 15 is 0 Å². The van der Waals surface area contributed by atoms with Gasteiger partial charge < -0.3 is 5.32 Å². The van der Waals surface area contributed by atoms with Crippen molar-refractivity contribution in [2.75, 3.05) is 6.54 Å². The summed E-state index contributed by atoms with van der Waals surface area (Å²) in [5, 5.41) is 4.10. The molecule has 0 radical (unpaired) electrons. The lowest BCUT2D eigenvalue weighted by Gasteiger charge is -2.50. The summed E-state index contributed by atoms with van der Waals surface area (Å²) in [5.74, 6) is 0.690. The largest absolute Gasteiger partial charge is 0.313 e. The molecule has 2 aliphatic rings. The Balaban J connectivity index is 1.63. The fourth-order valence-corrected chi connectivity index (χ4v) is 3.90. The zero-order valence-electron chi connectivity index (χ0n) is 12.0. The maximum Gasteiger partial charge on any atom is 0.0416 e. The van der Waals surface area contributed by atoms with Crippen LogP contribution >= 0.6 is 11.6 Å². The van der Waals surface area contributed by atoms with Crippen molar-refractivity contribution in [1.82, 2.24) is 5.32 Å². The molecular formula is C17H24ClN. The van der Waals surface area contributed by atoms with E-state index in [0.717, 1.165) is 13.0 Å². The molecule has 2 aliphatic carbocycles. The molecule has 104 valence electrons. The molecule has 3 atom stereocenters. The summed E-state index contributed by atoms with van der Waals surface area (Å²) in [4.78, 5) is 0. The van der Waals surface area contributed by atoms with Crippen LogP contribution in [-0.4, -0.2) is 18.0 Å². The van der Waals surface area contributed by atoms with Gasteiger partial charge in [0, 0.05) is 18.0 Å². The number of rotatable bonds is 3. The molecule has 3 rings (SSSR count). The second-order valence-electron chi connectivity index (χ2n) is 6.77. The number of nitrogens with one attached hydrogen (secondary N) is 1. The van der Waals surface area contributed by atoms with E-state index in [1.54, 1.807) is 11.1 Å². The van der Waals surface area contributed by atoms with E-state index in [-0.39, 0.29) is 5.41 Å². The summed E-state index contributed by atoms with van der Waals surface area (Å²) < 4.78 is 0. The molecule has 0 saturated heterocycles. The molecule has 1 nitrogen and oxygen atoms in total. The van der Waals surface area contributed by atoms with Crippen molar-refractivity contribution in [3.8, 4) is 0 Å². The summed E-state index contributed by atoms with van der Waals surface area (Å²) in [6.45, 7) is 5.66. The topological polar surface area (TPSA) is 12.0 Å². The molecule has 19 heavy (non-hydrogen) atoms. The summed E-state index contributed by atoms with van der Waals surface area (Å²) in [7, 11) is 0. The van der Waals surface area contributed by atoms with Crippen molar-refractivity contribution < 1.29 is 0 Å². The van der Waals surface area contributed by atoms with Gasteiger partial charge in [0.2, 0.25) is 0 Å². The highest BCUT2D eigenvalue weighted by atomic mass is 35.5. The SMILES string of the molecule is CC1(C)C(Cl)CC1NCC1CCCc2ccccc21. The maximum absolute atomic E-state index is 6.30. The van der Waals surface area contributed by atoms with Gasteiger partial charge in [0.1, 0.15) is 0 Å². The minimum absolute atomic E-state index is 0.246. The first-order chi connectivity index (χ1) is 9.09. The average Bonchev–Trinajstić information content (AvgIpc) is 2.43. The Morgan fingerprint density at radius 3 is 2.84 bits per heavy atom. The predicted octanol–water partition coefficient (Wildman–Crippen LogP) is 4.10. The fraction of sp³-hybridized carbons (Fsp3) is 0.647. The Hall–Kier alpha value is -0.530. The summed E-state index contributed by atoms with van der Waals surface area (Å²) in [6, 6.07) is 9.55. The average molecular weight is 278 g/mol. The monoisotopic (exact) mass is 277 g/mol. The van der Waals surface area contributed by atoms with Gasteiger partial charge in [-0.15, -0.1) is 11.6 Å². The van der Waals surface area contributed by atoms with Crippen LogP contribution in [0.15, 0.2) is 24.3 Å². The van der Waals surface area contributed by atoms with Crippen LogP contribution in [0.25, 0.3) is 0 Å². The van der Waals surface area contributed by atoms with E-state index in [2.05, 4.69) is 43.4 Å². The number of alkyl halides is 1. The van der Waals surface area contributed by atoms with E-state index in [4.69, 9.17) is 11.6 Å². The highest BCUT2D eigenvalue weighted by Crippen LogP contribution is 2.44. The summed E-state index contributed by atoms with van der Waals surface area (Å²) >= 11 is 6.30. The first-order valence-electron chi connectivity index (χ1n) is 7.54. The second kappa shape index (κ2) is 5.10. The van der Waals surface area contributed by atoms with Gasteiger partial charge in [-0.25, -0.2) is 0 Å². The third kappa shape index (κ3) is 2.43. The van der Waals surface area contributed by atoms with E-state index in [0.29, 0.717) is 17.3 Å². The lowest BCUT2D eigenvalue weighted by molar-refractivity contribution is 0.115. The van der Waals surface area contributed by atoms with Crippen molar-refractivity contribution in [2.24, 2.45) is 5.41 Å². The van der Waals surface area contributed by atoms with Gasteiger partial charge in [-0.05, 0) is 48.1 Å². The van der Waals surface area contributed by atoms with Gasteiger partial charge in [0.25, 0.3) is 0 Å². The first-order valence-corrected chi connectivity index (χ1v) is 7.98. The number of hydrogen-bond acceptors (Lipinski definition) is 1. The van der Waals surface area contributed by atoms with Gasteiger partial charge in [-0.1, -0.05) is 38.1 Å². The third-order valence-electron chi connectivity index (χ3n) is 5.25. The lowest BCUT2D eigenvalue weighted by atomic mass is 9.66. The van der Waals surface area contributed by atoms with Crippen molar-refractivity contribution in [2.45, 2.75) is 56.9 Å². The Morgan fingerprint density at radius 2 is 2.11 bits per heavy atom. The van der Waals surface area contributed by atoms with Gasteiger partial charge in [-0.2, -0.15) is 0 Å². The number of fused-ring (bicyclic) bond motifs is 1. The predicted molar refractivity (Wildman–Crippen MR) is 82.0 cm³/mol. The molecule has 2 heteroatoms. The molecule has 1 fully saturated rings. The molecule has 1 N–H and O–H groups in total. The summed E-state index contributed by atoms with van der Waals surface area (Å²) in [6.07, 6.45) is 5.02. The maximum atomic E-state index is 6.30. The van der Waals surface area contributed by atoms with Crippen LogP contribution in [0.3, 0.4) is 0 Å². The minimum atomic E-state index is 0.246. The molecule has 0 spiro atoms. The molecular weight excluding hydrogens is 254 g/mol. The number of aryl methyl sites for hydroxylation is 1. The van der Waals surface area contributed by atoms with Crippen LogP contribution in [0.2, 0.25) is 0 Å². The molecule has 0 amide bonds. The van der Waals surface area contributed by atoms with Gasteiger partial charge >= 0.3 is 0 Å².